The van der Waals surface area contributed by atoms with Crippen LogP contribution in [0.5, 0.6) is 0 Å². The number of ketones is 2. The van der Waals surface area contributed by atoms with Crippen LogP contribution in [0, 0.1) is 0 Å². The number of carbonyl (C=O) groups is 2. The lowest BCUT2D eigenvalue weighted by molar-refractivity contribution is 0.0784. The van der Waals surface area contributed by atoms with Gasteiger partial charge in [0.05, 0.1) is 4.90 Å². The highest BCUT2D eigenvalue weighted by Gasteiger charge is 2.45. The van der Waals surface area contributed by atoms with E-state index in [-0.39, 0.29) is 21.0 Å². The van der Waals surface area contributed by atoms with Crippen LogP contribution in [-0.2, 0) is 10.0 Å². The zero-order valence-electron chi connectivity index (χ0n) is 14.2. The molecule has 0 spiro atoms. The van der Waals surface area contributed by atoms with E-state index >= 15 is 0 Å². The van der Waals surface area contributed by atoms with Crippen LogP contribution >= 0.6 is 11.6 Å². The Balaban J connectivity index is 1.84. The van der Waals surface area contributed by atoms with Crippen LogP contribution < -0.4 is 0 Å². The van der Waals surface area contributed by atoms with Gasteiger partial charge in [0, 0.05) is 23.2 Å². The van der Waals surface area contributed by atoms with Crippen molar-refractivity contribution in [3.05, 3.63) is 76.8 Å². The lowest BCUT2D eigenvalue weighted by Crippen LogP contribution is -2.51. The first-order valence-electron chi connectivity index (χ1n) is 8.15. The van der Waals surface area contributed by atoms with Gasteiger partial charge in [0.15, 0.2) is 17.6 Å². The minimum absolute atomic E-state index is 0.0170. The Labute approximate surface area is 161 Å². The summed E-state index contributed by atoms with van der Waals surface area (Å²) in [4.78, 5) is 25.8. The molecule has 1 aliphatic rings. The second-order valence-electron chi connectivity index (χ2n) is 6.35. The van der Waals surface area contributed by atoms with Crippen molar-refractivity contribution in [1.29, 1.82) is 0 Å². The smallest absolute Gasteiger partial charge is 0.244 e. The quantitative estimate of drug-likeness (QED) is 0.488. The molecule has 1 atom stereocenters. The molecule has 5 nitrogen and oxygen atoms in total. The fourth-order valence-corrected chi connectivity index (χ4v) is 5.04. The Morgan fingerprint density at radius 3 is 2.44 bits per heavy atom. The van der Waals surface area contributed by atoms with Crippen molar-refractivity contribution in [3.8, 4) is 0 Å². The van der Waals surface area contributed by atoms with Crippen molar-refractivity contribution in [2.45, 2.75) is 10.9 Å². The number of likely N-dealkylation sites (N-methyl/N-ethyl adjacent to an activating group) is 1. The number of nitrogens with zero attached hydrogens (tertiary/aromatic N) is 1. The molecule has 27 heavy (non-hydrogen) atoms. The van der Waals surface area contributed by atoms with Gasteiger partial charge in [0.2, 0.25) is 10.0 Å². The number of benzene rings is 3. The van der Waals surface area contributed by atoms with Gasteiger partial charge in [0.1, 0.15) is 0 Å². The molecule has 3 aromatic carbocycles. The van der Waals surface area contributed by atoms with Gasteiger partial charge in [-0.3, -0.25) is 9.59 Å². The Morgan fingerprint density at radius 1 is 1.00 bits per heavy atom. The highest BCUT2D eigenvalue weighted by Crippen LogP contribution is 2.32. The third-order valence-electron chi connectivity index (χ3n) is 4.76. The van der Waals surface area contributed by atoms with Crippen LogP contribution in [0.3, 0.4) is 0 Å². The standard InChI is InChI=1S/C20H14ClNO4S/c1-22-18(19(23)14-7-6-12-4-2-3-5-13(12)10-14)20(24)16-9-8-15(21)11-17(16)27(22,25)26/h2-11,18H,1H3. The van der Waals surface area contributed by atoms with Gasteiger partial charge in [0.25, 0.3) is 0 Å². The molecule has 3 aromatic rings. The number of hydrogen-bond acceptors (Lipinski definition) is 4. The summed E-state index contributed by atoms with van der Waals surface area (Å²) < 4.78 is 26.5. The Bertz CT molecular complexity index is 1220. The predicted octanol–water partition coefficient (Wildman–Crippen LogP) is 3.56. The second kappa shape index (κ2) is 6.27. The topological polar surface area (TPSA) is 71.5 Å². The first kappa shape index (κ1) is 17.9. The number of fused-ring (bicyclic) bond motifs is 2. The molecule has 1 unspecified atom stereocenters. The molecule has 0 aromatic heterocycles. The predicted molar refractivity (Wildman–Crippen MR) is 103 cm³/mol. The van der Waals surface area contributed by atoms with Gasteiger partial charge in [-0.05, 0) is 35.0 Å². The minimum Gasteiger partial charge on any atom is -0.292 e. The van der Waals surface area contributed by atoms with E-state index in [1.807, 2.05) is 24.3 Å². The highest BCUT2D eigenvalue weighted by molar-refractivity contribution is 7.89. The summed E-state index contributed by atoms with van der Waals surface area (Å²) in [5, 5.41) is 1.99. The molecular weight excluding hydrogens is 386 g/mol. The molecule has 0 fully saturated rings. The maximum absolute atomic E-state index is 13.1. The fourth-order valence-electron chi connectivity index (χ4n) is 3.30. The molecule has 0 bridgehead atoms. The number of Topliss-reactive ketones (excluding diaryl/α,β-unsaturated/α-hetero) is 2. The van der Waals surface area contributed by atoms with Gasteiger partial charge in [-0.1, -0.05) is 48.0 Å². The number of halogens is 1. The molecular formula is C20H14ClNO4S. The van der Waals surface area contributed by atoms with E-state index in [1.54, 1.807) is 18.2 Å². The van der Waals surface area contributed by atoms with Crippen molar-refractivity contribution in [2.75, 3.05) is 7.05 Å². The van der Waals surface area contributed by atoms with Crippen molar-refractivity contribution in [2.24, 2.45) is 0 Å². The molecule has 0 saturated heterocycles. The average Bonchev–Trinajstić information content (AvgIpc) is 2.66. The summed E-state index contributed by atoms with van der Waals surface area (Å²) in [5.74, 6) is -1.12. The number of rotatable bonds is 2. The molecule has 0 aliphatic carbocycles. The number of carbonyl (C=O) groups excluding carboxylic acids is 2. The molecule has 0 amide bonds. The summed E-state index contributed by atoms with van der Waals surface area (Å²) in [7, 11) is -2.78. The Hall–Kier alpha value is -2.54. The molecule has 0 saturated carbocycles. The van der Waals surface area contributed by atoms with Gasteiger partial charge in [-0.25, -0.2) is 8.42 Å². The molecule has 0 N–H and O–H groups in total. The van der Waals surface area contributed by atoms with E-state index < -0.39 is 27.6 Å². The third-order valence-corrected chi connectivity index (χ3v) is 6.86. The normalized spacial score (nSPS) is 19.0. The largest absolute Gasteiger partial charge is 0.292 e. The van der Waals surface area contributed by atoms with Crippen molar-refractivity contribution < 1.29 is 18.0 Å². The van der Waals surface area contributed by atoms with E-state index in [2.05, 4.69) is 0 Å². The molecule has 136 valence electrons. The first-order valence-corrected chi connectivity index (χ1v) is 9.97. The lowest BCUT2D eigenvalue weighted by atomic mass is 9.94. The minimum atomic E-state index is -4.01. The maximum Gasteiger partial charge on any atom is 0.244 e. The lowest BCUT2D eigenvalue weighted by Gasteiger charge is -2.31. The third kappa shape index (κ3) is 2.77. The molecule has 1 aliphatic heterocycles. The van der Waals surface area contributed by atoms with Crippen LogP contribution in [-0.4, -0.2) is 37.4 Å². The van der Waals surface area contributed by atoms with Gasteiger partial charge in [-0.2, -0.15) is 4.31 Å². The number of hydrogen-bond donors (Lipinski definition) is 0. The second-order valence-corrected chi connectivity index (χ2v) is 8.76. The van der Waals surface area contributed by atoms with Crippen LogP contribution in [0.25, 0.3) is 10.8 Å². The maximum atomic E-state index is 13.1. The van der Waals surface area contributed by atoms with Crippen LogP contribution in [0.2, 0.25) is 5.02 Å². The first-order chi connectivity index (χ1) is 12.8. The van der Waals surface area contributed by atoms with Crippen LogP contribution in [0.15, 0.2) is 65.6 Å². The monoisotopic (exact) mass is 399 g/mol. The summed E-state index contributed by atoms with van der Waals surface area (Å²) in [6.07, 6.45) is 0. The zero-order chi connectivity index (χ0) is 19.3. The Kier molecular flexibility index (Phi) is 4.14. The highest BCUT2D eigenvalue weighted by atomic mass is 35.5. The molecule has 0 radical (unpaired) electrons. The summed E-state index contributed by atoms with van der Waals surface area (Å²) >= 11 is 5.89. The van der Waals surface area contributed by atoms with Gasteiger partial charge >= 0.3 is 0 Å². The Morgan fingerprint density at radius 2 is 1.70 bits per heavy atom. The summed E-state index contributed by atoms with van der Waals surface area (Å²) in [6.45, 7) is 0. The summed E-state index contributed by atoms with van der Waals surface area (Å²) in [6, 6.07) is 15.1. The number of sulfonamides is 1. The fraction of sp³-hybridized carbons (Fsp3) is 0.100. The van der Waals surface area contributed by atoms with E-state index in [9.17, 15) is 18.0 Å². The van der Waals surface area contributed by atoms with Gasteiger partial charge < -0.3 is 0 Å². The van der Waals surface area contributed by atoms with Crippen LogP contribution in [0.1, 0.15) is 20.7 Å². The van der Waals surface area contributed by atoms with Crippen molar-refractivity contribution >= 4 is 44.0 Å². The zero-order valence-corrected chi connectivity index (χ0v) is 15.8. The summed E-state index contributed by atoms with van der Waals surface area (Å²) in [5.41, 5.74) is 0.267. The average molecular weight is 400 g/mol. The molecule has 1 heterocycles. The SMILES string of the molecule is CN1C(C(=O)c2ccc3ccccc3c2)C(=O)c2ccc(Cl)cc2S1(=O)=O. The van der Waals surface area contributed by atoms with Crippen molar-refractivity contribution in [3.63, 3.8) is 0 Å². The molecule has 7 heteroatoms. The van der Waals surface area contributed by atoms with Crippen LogP contribution in [0.4, 0.5) is 0 Å². The molecule has 4 rings (SSSR count). The van der Waals surface area contributed by atoms with Crippen molar-refractivity contribution in [1.82, 2.24) is 4.31 Å². The van der Waals surface area contributed by atoms with E-state index in [1.165, 1.54) is 25.2 Å². The van der Waals surface area contributed by atoms with E-state index in [0.29, 0.717) is 0 Å². The van der Waals surface area contributed by atoms with E-state index in [0.717, 1.165) is 15.1 Å². The van der Waals surface area contributed by atoms with E-state index in [4.69, 9.17) is 11.6 Å². The van der Waals surface area contributed by atoms with Gasteiger partial charge in [-0.15, -0.1) is 0 Å².